The Labute approximate surface area is 295 Å². The molecule has 0 aliphatic heterocycles. The van der Waals surface area contributed by atoms with Crippen LogP contribution in [-0.2, 0) is 6.42 Å². The molecular weight excluding hydrogens is 623 g/mol. The first-order valence-corrected chi connectivity index (χ1v) is 16.9. The number of hydrogen-bond donors (Lipinski definition) is 0. The van der Waals surface area contributed by atoms with E-state index >= 15 is 0 Å². The van der Waals surface area contributed by atoms with Crippen molar-refractivity contribution in [1.82, 2.24) is 9.13 Å². The summed E-state index contributed by atoms with van der Waals surface area (Å²) in [6.45, 7) is 1.97. The number of fused-ring (bicyclic) bond motifs is 6. The van der Waals surface area contributed by atoms with E-state index in [-0.39, 0.29) is 0 Å². The zero-order valence-corrected chi connectivity index (χ0v) is 27.8. The summed E-state index contributed by atoms with van der Waals surface area (Å²) >= 11 is 0. The zero-order chi connectivity index (χ0) is 34.7. The molecule has 1 unspecified atom stereocenters. The molecule has 0 bridgehead atoms. The fraction of sp³-hybridized carbons (Fsp3) is 0.0652. The van der Waals surface area contributed by atoms with E-state index in [0.717, 1.165) is 77.6 Å². The maximum atomic E-state index is 10.3. The third kappa shape index (κ3) is 4.67. The molecule has 0 fully saturated rings. The number of nitrogens with zero attached hydrogens (tertiary/aromatic N) is 5. The maximum absolute atomic E-state index is 10.3. The molecule has 5 nitrogen and oxygen atoms in total. The summed E-state index contributed by atoms with van der Waals surface area (Å²) < 4.78 is 4.44. The highest BCUT2D eigenvalue weighted by molar-refractivity contribution is 6.10. The molecule has 0 saturated heterocycles. The van der Waals surface area contributed by atoms with E-state index in [1.165, 1.54) is 0 Å². The second kappa shape index (κ2) is 11.5. The summed E-state index contributed by atoms with van der Waals surface area (Å²) in [7, 11) is 0. The van der Waals surface area contributed by atoms with Gasteiger partial charge in [0.05, 0.1) is 56.6 Å². The first-order valence-electron chi connectivity index (χ1n) is 16.9. The molecule has 2 heterocycles. The van der Waals surface area contributed by atoms with Gasteiger partial charge in [-0.15, -0.1) is 0 Å². The van der Waals surface area contributed by atoms with Gasteiger partial charge in [-0.05, 0) is 90.2 Å². The smallest absolute Gasteiger partial charge is 0.101 e. The molecule has 0 radical (unpaired) electrons. The lowest BCUT2D eigenvalue weighted by atomic mass is 9.80. The minimum absolute atomic E-state index is 0.578. The Balaban J connectivity index is 1.21. The number of aromatic nitrogens is 2. The Morgan fingerprint density at radius 3 is 2.08 bits per heavy atom. The van der Waals surface area contributed by atoms with Crippen molar-refractivity contribution in [2.75, 3.05) is 0 Å². The van der Waals surface area contributed by atoms with Gasteiger partial charge in [0.15, 0.2) is 0 Å². The second-order valence-electron chi connectivity index (χ2n) is 13.4. The Hall–Kier alpha value is -7.13. The normalized spacial score (nSPS) is 15.0. The molecule has 0 N–H and O–H groups in total. The predicted octanol–water partition coefficient (Wildman–Crippen LogP) is 10.9. The van der Waals surface area contributed by atoms with E-state index < -0.39 is 5.41 Å². The van der Waals surface area contributed by atoms with Crippen LogP contribution < -0.4 is 0 Å². The van der Waals surface area contributed by atoms with E-state index in [4.69, 9.17) is 0 Å². The first-order chi connectivity index (χ1) is 25.0. The number of rotatable bonds is 4. The molecule has 0 saturated carbocycles. The van der Waals surface area contributed by atoms with Crippen LogP contribution in [0.2, 0.25) is 0 Å². The van der Waals surface area contributed by atoms with Gasteiger partial charge in [-0.3, -0.25) is 0 Å². The molecule has 0 amide bonds. The van der Waals surface area contributed by atoms with E-state index in [1.54, 1.807) is 0 Å². The lowest BCUT2D eigenvalue weighted by Gasteiger charge is -2.22. The van der Waals surface area contributed by atoms with E-state index in [2.05, 4.69) is 118 Å². The summed E-state index contributed by atoms with van der Waals surface area (Å²) in [4.78, 5) is 0. The molecule has 1 atom stereocenters. The van der Waals surface area contributed by atoms with Crippen LogP contribution in [0, 0.1) is 39.4 Å². The Morgan fingerprint density at radius 1 is 0.569 bits per heavy atom. The van der Waals surface area contributed by atoms with Crippen molar-refractivity contribution < 1.29 is 0 Å². The van der Waals surface area contributed by atoms with Crippen LogP contribution in [0.25, 0.3) is 72.4 Å². The second-order valence-corrected chi connectivity index (χ2v) is 13.4. The molecule has 9 rings (SSSR count). The predicted molar refractivity (Wildman–Crippen MR) is 204 cm³/mol. The molecule has 1 aliphatic rings. The van der Waals surface area contributed by atoms with Crippen LogP contribution in [-0.4, -0.2) is 9.13 Å². The highest BCUT2D eigenvalue weighted by Crippen LogP contribution is 2.41. The van der Waals surface area contributed by atoms with Crippen LogP contribution in [0.3, 0.4) is 0 Å². The van der Waals surface area contributed by atoms with Crippen LogP contribution in [0.1, 0.15) is 29.3 Å². The lowest BCUT2D eigenvalue weighted by Crippen LogP contribution is -2.18. The first kappa shape index (κ1) is 30.0. The van der Waals surface area contributed by atoms with Crippen molar-refractivity contribution in [1.29, 1.82) is 15.8 Å². The third-order valence-electron chi connectivity index (χ3n) is 10.2. The standard InChI is InChI=1S/C46H29N5/c1-46(29-49)22-21-43-39(26-46)37-13-4-7-16-42(37)50(43)44-25-32(18-19-34(44)28-48)31-9-8-10-33(24-31)35-11-2-5-14-40(35)51-41-15-6-3-12-36(41)38-20-17-30(27-47)23-45(38)51/h2-25H,26H2,1H3. The van der Waals surface area contributed by atoms with Crippen LogP contribution in [0.15, 0.2) is 140 Å². The molecule has 6 aromatic carbocycles. The van der Waals surface area contributed by atoms with Crippen molar-refractivity contribution >= 4 is 38.8 Å². The van der Waals surface area contributed by atoms with Gasteiger partial charge in [-0.25, -0.2) is 0 Å². The summed E-state index contributed by atoms with van der Waals surface area (Å²) in [5, 5.41) is 33.4. The van der Waals surface area contributed by atoms with E-state index in [9.17, 15) is 15.8 Å². The summed E-state index contributed by atoms with van der Waals surface area (Å²) in [5.41, 5.74) is 11.8. The molecule has 51 heavy (non-hydrogen) atoms. The Morgan fingerprint density at radius 2 is 1.27 bits per heavy atom. The van der Waals surface area contributed by atoms with Crippen molar-refractivity contribution in [3.63, 3.8) is 0 Å². The quantitative estimate of drug-likeness (QED) is 0.190. The SMILES string of the molecule is CC1(C#N)C=Cc2c(c3ccccc3n2-c2cc(-c3cccc(-c4ccccc4-n4c5ccccc5c5ccc(C#N)cc54)c3)ccc2C#N)C1. The minimum atomic E-state index is -0.587. The van der Waals surface area contributed by atoms with Crippen molar-refractivity contribution in [2.45, 2.75) is 13.3 Å². The molecule has 5 heteroatoms. The molecule has 8 aromatic rings. The Bertz CT molecular complexity index is 2900. The van der Waals surface area contributed by atoms with Crippen LogP contribution in [0.4, 0.5) is 0 Å². The van der Waals surface area contributed by atoms with Crippen molar-refractivity contribution in [3.8, 4) is 51.8 Å². The number of hydrogen-bond acceptors (Lipinski definition) is 3. The summed E-state index contributed by atoms with van der Waals surface area (Å²) in [6, 6.07) is 52.7. The molecular formula is C46H29N5. The fourth-order valence-electron chi connectivity index (χ4n) is 7.78. The van der Waals surface area contributed by atoms with Gasteiger partial charge >= 0.3 is 0 Å². The Kier molecular flexibility index (Phi) is 6.75. The average molecular weight is 652 g/mol. The average Bonchev–Trinajstić information content (AvgIpc) is 3.69. The minimum Gasteiger partial charge on any atom is -0.309 e. The van der Waals surface area contributed by atoms with Crippen LogP contribution in [0.5, 0.6) is 0 Å². The van der Waals surface area contributed by atoms with Crippen molar-refractivity contribution in [3.05, 3.63) is 162 Å². The zero-order valence-electron chi connectivity index (χ0n) is 27.8. The van der Waals surface area contributed by atoms with Crippen molar-refractivity contribution in [2.24, 2.45) is 5.41 Å². The highest BCUT2D eigenvalue weighted by atomic mass is 15.0. The molecule has 1 aliphatic carbocycles. The molecule has 238 valence electrons. The fourth-order valence-corrected chi connectivity index (χ4v) is 7.78. The topological polar surface area (TPSA) is 81.2 Å². The van der Waals surface area contributed by atoms with Crippen LogP contribution >= 0.6 is 0 Å². The monoisotopic (exact) mass is 651 g/mol. The van der Waals surface area contributed by atoms with Gasteiger partial charge in [0.25, 0.3) is 0 Å². The molecule has 0 spiro atoms. The summed E-state index contributed by atoms with van der Waals surface area (Å²) in [6.07, 6.45) is 4.64. The number of benzene rings is 6. The van der Waals surface area contributed by atoms with Gasteiger partial charge in [0.2, 0.25) is 0 Å². The third-order valence-corrected chi connectivity index (χ3v) is 10.2. The lowest BCUT2D eigenvalue weighted by molar-refractivity contribution is 0.562. The van der Waals surface area contributed by atoms with Gasteiger partial charge in [0.1, 0.15) is 6.07 Å². The van der Waals surface area contributed by atoms with E-state index in [0.29, 0.717) is 17.5 Å². The van der Waals surface area contributed by atoms with Gasteiger partial charge < -0.3 is 9.13 Å². The molecule has 2 aromatic heterocycles. The largest absolute Gasteiger partial charge is 0.309 e. The van der Waals surface area contributed by atoms with Gasteiger partial charge in [0, 0.05) is 27.4 Å². The number of nitriles is 3. The number of para-hydroxylation sites is 3. The van der Waals surface area contributed by atoms with E-state index in [1.807, 2.05) is 61.5 Å². The highest BCUT2D eigenvalue weighted by Gasteiger charge is 2.30. The maximum Gasteiger partial charge on any atom is 0.101 e. The van der Waals surface area contributed by atoms with Gasteiger partial charge in [-0.2, -0.15) is 15.8 Å². The number of allylic oxidation sites excluding steroid dienone is 1. The van der Waals surface area contributed by atoms with Gasteiger partial charge in [-0.1, -0.05) is 91.0 Å². The summed E-state index contributed by atoms with van der Waals surface area (Å²) in [5.74, 6) is 0.